The highest BCUT2D eigenvalue weighted by molar-refractivity contribution is 5.85. The molecular weight excluding hydrogens is 478 g/mol. The predicted octanol–water partition coefficient (Wildman–Crippen LogP) is 5.06. The third kappa shape index (κ3) is 4.89. The standard InChI is InChI=1S/C29H33N7O2/c1-6-29(4,5)36-27(32-33-34-36)26(24-15-23-19(2)11-12-20(3)25(23)31-28(24)37)35(18-22-10-8-14-38-22)17-21-9-7-13-30-16-21/h7-16,26H,6,17-18H2,1-5H3,(H,31,37). The van der Waals surface area contributed by atoms with Crippen LogP contribution in [0.5, 0.6) is 0 Å². The lowest BCUT2D eigenvalue weighted by Gasteiger charge is -2.33. The first-order valence-electron chi connectivity index (χ1n) is 12.9. The van der Waals surface area contributed by atoms with E-state index in [2.05, 4.69) is 64.2 Å². The van der Waals surface area contributed by atoms with Crippen molar-refractivity contribution in [2.45, 2.75) is 65.7 Å². The smallest absolute Gasteiger partial charge is 0.253 e. The quantitative estimate of drug-likeness (QED) is 0.295. The van der Waals surface area contributed by atoms with Crippen molar-refractivity contribution in [1.82, 2.24) is 35.1 Å². The molecule has 0 spiro atoms. The zero-order valence-electron chi connectivity index (χ0n) is 22.5. The Balaban J connectivity index is 1.76. The molecule has 1 atom stereocenters. The van der Waals surface area contributed by atoms with Crippen LogP contribution in [0.25, 0.3) is 10.9 Å². The van der Waals surface area contributed by atoms with Crippen LogP contribution in [0, 0.1) is 13.8 Å². The molecular formula is C29H33N7O2. The van der Waals surface area contributed by atoms with Gasteiger partial charge in [0.05, 0.1) is 23.9 Å². The fourth-order valence-corrected chi connectivity index (χ4v) is 4.81. The average Bonchev–Trinajstić information content (AvgIpc) is 3.61. The number of nitrogens with zero attached hydrogens (tertiary/aromatic N) is 6. The van der Waals surface area contributed by atoms with Gasteiger partial charge in [0.1, 0.15) is 11.8 Å². The van der Waals surface area contributed by atoms with Gasteiger partial charge in [0.2, 0.25) is 0 Å². The minimum Gasteiger partial charge on any atom is -0.468 e. The van der Waals surface area contributed by atoms with Crippen LogP contribution in [0.2, 0.25) is 0 Å². The highest BCUT2D eigenvalue weighted by Gasteiger charge is 2.35. The van der Waals surface area contributed by atoms with Crippen molar-refractivity contribution in [2.75, 3.05) is 0 Å². The molecule has 5 aromatic rings. The summed E-state index contributed by atoms with van der Waals surface area (Å²) in [5, 5.41) is 14.0. The molecule has 4 aromatic heterocycles. The lowest BCUT2D eigenvalue weighted by atomic mass is 9.97. The summed E-state index contributed by atoms with van der Waals surface area (Å²) in [7, 11) is 0. The van der Waals surface area contributed by atoms with Gasteiger partial charge in [-0.3, -0.25) is 14.7 Å². The Hall–Kier alpha value is -4.11. The molecule has 38 heavy (non-hydrogen) atoms. The molecule has 0 radical (unpaired) electrons. The number of rotatable bonds is 9. The number of aryl methyl sites for hydroxylation is 2. The Bertz CT molecular complexity index is 1590. The molecule has 9 heteroatoms. The second kappa shape index (κ2) is 10.3. The molecule has 0 aliphatic carbocycles. The van der Waals surface area contributed by atoms with Crippen molar-refractivity contribution in [3.63, 3.8) is 0 Å². The molecule has 4 heterocycles. The van der Waals surface area contributed by atoms with E-state index in [9.17, 15) is 4.79 Å². The van der Waals surface area contributed by atoms with Gasteiger partial charge in [-0.2, -0.15) is 0 Å². The lowest BCUT2D eigenvalue weighted by molar-refractivity contribution is 0.168. The van der Waals surface area contributed by atoms with Crippen molar-refractivity contribution < 1.29 is 4.42 Å². The Labute approximate surface area is 221 Å². The number of furan rings is 1. The highest BCUT2D eigenvalue weighted by atomic mass is 16.3. The number of nitrogens with one attached hydrogen (secondary N) is 1. The topological polar surface area (TPSA) is 106 Å². The van der Waals surface area contributed by atoms with E-state index >= 15 is 0 Å². The summed E-state index contributed by atoms with van der Waals surface area (Å²) in [6.07, 6.45) is 6.06. The summed E-state index contributed by atoms with van der Waals surface area (Å²) >= 11 is 0. The Morgan fingerprint density at radius 3 is 2.63 bits per heavy atom. The molecule has 1 N–H and O–H groups in total. The normalized spacial score (nSPS) is 12.9. The van der Waals surface area contributed by atoms with Crippen molar-refractivity contribution in [1.29, 1.82) is 0 Å². The van der Waals surface area contributed by atoms with Crippen LogP contribution >= 0.6 is 0 Å². The number of aromatic amines is 1. The fourth-order valence-electron chi connectivity index (χ4n) is 4.81. The first kappa shape index (κ1) is 25.5. The Kier molecular flexibility index (Phi) is 6.94. The Morgan fingerprint density at radius 2 is 1.92 bits per heavy atom. The van der Waals surface area contributed by atoms with Gasteiger partial charge >= 0.3 is 0 Å². The van der Waals surface area contributed by atoms with E-state index in [1.165, 1.54) is 0 Å². The second-order valence-electron chi connectivity index (χ2n) is 10.4. The number of aromatic nitrogens is 6. The predicted molar refractivity (Wildman–Crippen MR) is 146 cm³/mol. The first-order chi connectivity index (χ1) is 18.3. The summed E-state index contributed by atoms with van der Waals surface area (Å²) in [5.74, 6) is 1.37. The SMILES string of the molecule is CCC(C)(C)n1nnnc1C(c1cc2c(C)ccc(C)c2[nH]c1=O)N(Cc1cccnc1)Cc1ccco1. The number of hydrogen-bond donors (Lipinski definition) is 1. The molecule has 0 saturated heterocycles. The number of fused-ring (bicyclic) bond motifs is 1. The largest absolute Gasteiger partial charge is 0.468 e. The average molecular weight is 512 g/mol. The molecule has 0 aliphatic heterocycles. The fraction of sp³-hybridized carbons (Fsp3) is 0.345. The van der Waals surface area contributed by atoms with Crippen molar-refractivity contribution in [2.24, 2.45) is 0 Å². The van der Waals surface area contributed by atoms with E-state index < -0.39 is 6.04 Å². The monoisotopic (exact) mass is 511 g/mol. The van der Waals surface area contributed by atoms with Gasteiger partial charge in [-0.15, -0.1) is 5.10 Å². The number of tetrazole rings is 1. The van der Waals surface area contributed by atoms with Crippen LogP contribution in [0.3, 0.4) is 0 Å². The van der Waals surface area contributed by atoms with E-state index in [0.29, 0.717) is 24.5 Å². The molecule has 0 aliphatic rings. The van der Waals surface area contributed by atoms with E-state index in [4.69, 9.17) is 4.42 Å². The molecule has 1 aromatic carbocycles. The van der Waals surface area contributed by atoms with Gasteiger partial charge in [-0.05, 0) is 85.5 Å². The maximum absolute atomic E-state index is 13.8. The molecule has 9 nitrogen and oxygen atoms in total. The van der Waals surface area contributed by atoms with Crippen molar-refractivity contribution in [3.05, 3.63) is 105 Å². The third-order valence-corrected chi connectivity index (χ3v) is 7.36. The zero-order chi connectivity index (χ0) is 26.9. The van der Waals surface area contributed by atoms with Crippen molar-refractivity contribution in [3.8, 4) is 0 Å². The summed E-state index contributed by atoms with van der Waals surface area (Å²) in [6.45, 7) is 11.3. The van der Waals surface area contributed by atoms with Crippen LogP contribution in [0.1, 0.15) is 67.1 Å². The summed E-state index contributed by atoms with van der Waals surface area (Å²) in [5.41, 5.74) is 3.99. The maximum atomic E-state index is 13.8. The second-order valence-corrected chi connectivity index (χ2v) is 10.4. The Morgan fingerprint density at radius 1 is 1.11 bits per heavy atom. The molecule has 0 bridgehead atoms. The molecule has 196 valence electrons. The van der Waals surface area contributed by atoms with Gasteiger partial charge < -0.3 is 9.40 Å². The van der Waals surface area contributed by atoms with Gasteiger partial charge in [0, 0.05) is 29.9 Å². The molecule has 5 rings (SSSR count). The zero-order valence-corrected chi connectivity index (χ0v) is 22.5. The summed E-state index contributed by atoms with van der Waals surface area (Å²) < 4.78 is 7.61. The van der Waals surface area contributed by atoms with Gasteiger partial charge in [-0.1, -0.05) is 25.1 Å². The maximum Gasteiger partial charge on any atom is 0.253 e. The van der Waals surface area contributed by atoms with Gasteiger partial charge in [0.15, 0.2) is 5.82 Å². The van der Waals surface area contributed by atoms with E-state index in [1.54, 1.807) is 12.5 Å². The molecule has 0 fully saturated rings. The first-order valence-corrected chi connectivity index (χ1v) is 12.9. The van der Waals surface area contributed by atoms with Crippen LogP contribution in [0.15, 0.2) is 70.3 Å². The van der Waals surface area contributed by atoms with Gasteiger partial charge in [-0.25, -0.2) is 4.68 Å². The van der Waals surface area contributed by atoms with E-state index in [0.717, 1.165) is 39.8 Å². The summed E-state index contributed by atoms with van der Waals surface area (Å²) in [6, 6.07) is 13.3. The lowest BCUT2D eigenvalue weighted by Crippen LogP contribution is -2.38. The highest BCUT2D eigenvalue weighted by Crippen LogP contribution is 2.33. The van der Waals surface area contributed by atoms with Crippen LogP contribution in [-0.2, 0) is 18.6 Å². The van der Waals surface area contributed by atoms with Crippen LogP contribution in [0.4, 0.5) is 0 Å². The molecule has 0 saturated carbocycles. The van der Waals surface area contributed by atoms with Crippen molar-refractivity contribution >= 4 is 10.9 Å². The number of pyridine rings is 2. The van der Waals surface area contributed by atoms with Gasteiger partial charge in [0.25, 0.3) is 5.56 Å². The van der Waals surface area contributed by atoms with Crippen LogP contribution in [-0.4, -0.2) is 35.1 Å². The number of hydrogen-bond acceptors (Lipinski definition) is 7. The minimum absolute atomic E-state index is 0.171. The minimum atomic E-state index is -0.561. The number of H-pyrrole nitrogens is 1. The third-order valence-electron chi connectivity index (χ3n) is 7.36. The molecule has 0 amide bonds. The summed E-state index contributed by atoms with van der Waals surface area (Å²) in [4.78, 5) is 23.5. The van der Waals surface area contributed by atoms with Crippen LogP contribution < -0.4 is 5.56 Å². The van der Waals surface area contributed by atoms with E-state index in [1.807, 2.05) is 54.2 Å². The number of benzene rings is 1. The van der Waals surface area contributed by atoms with E-state index in [-0.39, 0.29) is 11.1 Å². The molecule has 1 unspecified atom stereocenters.